The van der Waals surface area contributed by atoms with Crippen LogP contribution in [0.15, 0.2) is 29.2 Å². The summed E-state index contributed by atoms with van der Waals surface area (Å²) in [5.74, 6) is 0. The van der Waals surface area contributed by atoms with Gasteiger partial charge in [0.2, 0.25) is 10.0 Å². The number of β-amino-alcohol motifs (C(OH)–C–C–N with tert-alkyl or cyclic N) is 1. The highest BCUT2D eigenvalue weighted by Crippen LogP contribution is 2.31. The van der Waals surface area contributed by atoms with Crippen molar-refractivity contribution in [3.63, 3.8) is 0 Å². The van der Waals surface area contributed by atoms with Crippen LogP contribution in [-0.2, 0) is 10.0 Å². The molecule has 100 valence electrons. The van der Waals surface area contributed by atoms with Gasteiger partial charge in [0.1, 0.15) is 0 Å². The maximum absolute atomic E-state index is 12.3. The first-order valence-corrected chi connectivity index (χ1v) is 7.61. The van der Waals surface area contributed by atoms with E-state index in [0.717, 1.165) is 12.0 Å². The van der Waals surface area contributed by atoms with Crippen molar-refractivity contribution in [3.8, 4) is 0 Å². The van der Waals surface area contributed by atoms with Gasteiger partial charge in [0.25, 0.3) is 0 Å². The Morgan fingerprint density at radius 2 is 2.06 bits per heavy atom. The van der Waals surface area contributed by atoms with Gasteiger partial charge < -0.3 is 5.11 Å². The maximum Gasteiger partial charge on any atom is 0.243 e. The summed E-state index contributed by atoms with van der Waals surface area (Å²) in [6.07, 6.45) is 1.50. The zero-order chi connectivity index (χ0) is 13.4. The average Bonchev–Trinajstić information content (AvgIpc) is 2.26. The van der Waals surface area contributed by atoms with E-state index in [0.29, 0.717) is 11.3 Å². The number of nitrogens with zero attached hydrogens (tertiary/aromatic N) is 1. The van der Waals surface area contributed by atoms with Crippen LogP contribution in [0.5, 0.6) is 0 Å². The van der Waals surface area contributed by atoms with Crippen molar-refractivity contribution in [2.45, 2.75) is 37.2 Å². The Morgan fingerprint density at radius 1 is 1.39 bits per heavy atom. The Hall–Kier alpha value is -0.910. The Kier molecular flexibility index (Phi) is 3.49. The molecular formula is C13H19NO3S. The van der Waals surface area contributed by atoms with Crippen LogP contribution < -0.4 is 0 Å². The van der Waals surface area contributed by atoms with Gasteiger partial charge in [-0.15, -0.1) is 0 Å². The minimum Gasteiger partial charge on any atom is -0.387 e. The zero-order valence-electron chi connectivity index (χ0n) is 10.8. The highest BCUT2D eigenvalue weighted by molar-refractivity contribution is 7.89. The van der Waals surface area contributed by atoms with Crippen LogP contribution >= 0.6 is 0 Å². The third-order valence-electron chi connectivity index (χ3n) is 3.28. The van der Waals surface area contributed by atoms with Crippen molar-refractivity contribution < 1.29 is 13.5 Å². The Bertz CT molecular complexity index is 533. The Morgan fingerprint density at radius 3 is 2.61 bits per heavy atom. The van der Waals surface area contributed by atoms with E-state index in [9.17, 15) is 13.5 Å². The van der Waals surface area contributed by atoms with Crippen molar-refractivity contribution in [1.29, 1.82) is 0 Å². The maximum atomic E-state index is 12.3. The lowest BCUT2D eigenvalue weighted by Gasteiger charge is -2.45. The minimum absolute atomic E-state index is 0.205. The second-order valence-corrected chi connectivity index (χ2v) is 7.00. The summed E-state index contributed by atoms with van der Waals surface area (Å²) in [5.41, 5.74) is 0.0893. The van der Waals surface area contributed by atoms with Gasteiger partial charge in [0, 0.05) is 13.1 Å². The Balaban J connectivity index is 2.15. The number of aryl methyl sites for hydroxylation is 1. The summed E-state index contributed by atoms with van der Waals surface area (Å²) in [6.45, 7) is 4.26. The molecule has 1 fully saturated rings. The molecule has 1 aliphatic rings. The smallest absolute Gasteiger partial charge is 0.243 e. The normalized spacial score (nSPS) is 19.5. The van der Waals surface area contributed by atoms with E-state index in [-0.39, 0.29) is 13.1 Å². The molecule has 0 spiro atoms. The van der Waals surface area contributed by atoms with E-state index in [4.69, 9.17) is 0 Å². The first kappa shape index (κ1) is 13.5. The molecule has 18 heavy (non-hydrogen) atoms. The summed E-state index contributed by atoms with van der Waals surface area (Å²) in [5, 5.41) is 10.0. The number of hydrogen-bond acceptors (Lipinski definition) is 3. The average molecular weight is 269 g/mol. The van der Waals surface area contributed by atoms with Crippen LogP contribution in [0.3, 0.4) is 0 Å². The van der Waals surface area contributed by atoms with Crippen molar-refractivity contribution >= 4 is 10.0 Å². The molecule has 0 amide bonds. The van der Waals surface area contributed by atoms with E-state index in [1.54, 1.807) is 18.2 Å². The number of sulfonamides is 1. The van der Waals surface area contributed by atoms with Gasteiger partial charge in [-0.05, 0) is 31.0 Å². The van der Waals surface area contributed by atoms with Crippen molar-refractivity contribution in [2.24, 2.45) is 0 Å². The second kappa shape index (κ2) is 4.64. The van der Waals surface area contributed by atoms with E-state index in [1.165, 1.54) is 4.31 Å². The molecule has 0 atom stereocenters. The first-order valence-electron chi connectivity index (χ1n) is 6.17. The van der Waals surface area contributed by atoms with Gasteiger partial charge in [0.15, 0.2) is 0 Å². The van der Waals surface area contributed by atoms with E-state index in [1.807, 2.05) is 19.9 Å². The lowest BCUT2D eigenvalue weighted by molar-refractivity contribution is -0.0653. The van der Waals surface area contributed by atoms with Gasteiger partial charge in [-0.25, -0.2) is 8.42 Å². The minimum atomic E-state index is -3.44. The molecule has 1 aromatic rings. The van der Waals surface area contributed by atoms with Crippen LogP contribution in [0.1, 0.15) is 25.3 Å². The van der Waals surface area contributed by atoms with Gasteiger partial charge >= 0.3 is 0 Å². The van der Waals surface area contributed by atoms with E-state index >= 15 is 0 Å². The van der Waals surface area contributed by atoms with Crippen molar-refractivity contribution in [3.05, 3.63) is 29.8 Å². The largest absolute Gasteiger partial charge is 0.387 e. The topological polar surface area (TPSA) is 57.6 Å². The predicted molar refractivity (Wildman–Crippen MR) is 69.8 cm³/mol. The third-order valence-corrected chi connectivity index (χ3v) is 5.07. The molecule has 2 rings (SSSR count). The van der Waals surface area contributed by atoms with Crippen LogP contribution in [-0.4, -0.2) is 36.5 Å². The molecule has 4 nitrogen and oxygen atoms in total. The van der Waals surface area contributed by atoms with Crippen LogP contribution in [0.4, 0.5) is 0 Å². The first-order chi connectivity index (χ1) is 8.37. The van der Waals surface area contributed by atoms with E-state index in [2.05, 4.69) is 0 Å². The third kappa shape index (κ3) is 2.43. The fraction of sp³-hybridized carbons (Fsp3) is 0.538. The summed E-state index contributed by atoms with van der Waals surface area (Å²) >= 11 is 0. The summed E-state index contributed by atoms with van der Waals surface area (Å²) in [4.78, 5) is 0.307. The van der Waals surface area contributed by atoms with Crippen LogP contribution in [0.2, 0.25) is 0 Å². The molecule has 0 aliphatic carbocycles. The number of benzene rings is 1. The molecule has 0 radical (unpaired) electrons. The second-order valence-electron chi connectivity index (χ2n) is 5.06. The molecular weight excluding hydrogens is 250 g/mol. The monoisotopic (exact) mass is 269 g/mol. The molecule has 0 unspecified atom stereocenters. The van der Waals surface area contributed by atoms with Crippen molar-refractivity contribution in [2.75, 3.05) is 13.1 Å². The van der Waals surface area contributed by atoms with Gasteiger partial charge in [0.05, 0.1) is 10.5 Å². The molecule has 1 aromatic carbocycles. The molecule has 0 saturated carbocycles. The zero-order valence-corrected chi connectivity index (χ0v) is 11.6. The summed E-state index contributed by atoms with van der Waals surface area (Å²) in [7, 11) is -3.44. The lowest BCUT2D eigenvalue weighted by Crippen LogP contribution is -2.63. The van der Waals surface area contributed by atoms with Gasteiger partial charge in [-0.3, -0.25) is 0 Å². The number of hydrogen-bond donors (Lipinski definition) is 1. The predicted octanol–water partition coefficient (Wildman–Crippen LogP) is 1.53. The van der Waals surface area contributed by atoms with Gasteiger partial charge in [-0.1, -0.05) is 25.5 Å². The number of rotatable bonds is 4. The van der Waals surface area contributed by atoms with Crippen LogP contribution in [0, 0.1) is 6.92 Å². The number of aliphatic hydroxyl groups is 1. The highest BCUT2D eigenvalue weighted by Gasteiger charge is 2.46. The molecule has 1 aliphatic heterocycles. The molecule has 1 heterocycles. The van der Waals surface area contributed by atoms with Crippen molar-refractivity contribution in [1.82, 2.24) is 4.31 Å². The lowest BCUT2D eigenvalue weighted by atomic mass is 9.92. The molecule has 5 heteroatoms. The molecule has 1 saturated heterocycles. The SMILES string of the molecule is CCCC1(O)CN(S(=O)(=O)c2cccc(C)c2)C1. The van der Waals surface area contributed by atoms with E-state index < -0.39 is 15.6 Å². The molecule has 0 bridgehead atoms. The quantitative estimate of drug-likeness (QED) is 0.902. The Labute approximate surface area is 108 Å². The molecule has 1 N–H and O–H groups in total. The highest BCUT2D eigenvalue weighted by atomic mass is 32.2. The molecule has 0 aromatic heterocycles. The van der Waals surface area contributed by atoms with Crippen LogP contribution in [0.25, 0.3) is 0 Å². The fourth-order valence-electron chi connectivity index (χ4n) is 2.33. The standard InChI is InChI=1S/C13H19NO3S/c1-3-7-13(15)9-14(10-13)18(16,17)12-6-4-5-11(2)8-12/h4-6,8,15H,3,7,9-10H2,1-2H3. The summed E-state index contributed by atoms with van der Waals surface area (Å²) in [6, 6.07) is 6.86. The van der Waals surface area contributed by atoms with Gasteiger partial charge in [-0.2, -0.15) is 4.31 Å². The summed E-state index contributed by atoms with van der Waals surface area (Å²) < 4.78 is 25.9. The fourth-order valence-corrected chi connectivity index (χ4v) is 4.03.